The van der Waals surface area contributed by atoms with Crippen LogP contribution in [0.3, 0.4) is 0 Å². The second-order valence-corrected chi connectivity index (χ2v) is 3.37. The molecule has 0 aliphatic carbocycles. The van der Waals surface area contributed by atoms with Gasteiger partial charge in [-0.2, -0.15) is 0 Å². The quantitative estimate of drug-likeness (QED) is 0.386. The Kier molecular flexibility index (Phi) is 42.2. The Labute approximate surface area is 152 Å². The maximum atomic E-state index is 10.4. The van der Waals surface area contributed by atoms with E-state index in [9.17, 15) is 19.2 Å². The number of esters is 2. The van der Waals surface area contributed by atoms with Gasteiger partial charge in [0, 0.05) is 35.9 Å². The first-order chi connectivity index (χ1) is 10.3. The minimum atomic E-state index is -0.440. The summed E-state index contributed by atoms with van der Waals surface area (Å²) in [5.74, 6) is -1.20. The molecule has 0 bridgehead atoms. The van der Waals surface area contributed by atoms with Gasteiger partial charge in [-0.05, 0) is 27.7 Å². The van der Waals surface area contributed by atoms with Crippen molar-refractivity contribution < 1.29 is 60.6 Å². The Morgan fingerprint density at radius 3 is 1.04 bits per heavy atom. The summed E-state index contributed by atoms with van der Waals surface area (Å²) in [4.78, 5) is 41.3. The molecule has 0 fully saturated rings. The Bertz CT molecular complexity index is 275. The van der Waals surface area contributed by atoms with Gasteiger partial charge in [0.1, 0.15) is 24.4 Å². The van der Waals surface area contributed by atoms with Crippen LogP contribution in [0.15, 0.2) is 0 Å². The molecule has 0 unspecified atom stereocenters. The number of hydrogen-bond donors (Lipinski definition) is 2. The third-order valence-electron chi connectivity index (χ3n) is 1.40. The summed E-state index contributed by atoms with van der Waals surface area (Å²) < 4.78 is 8.99. The van der Waals surface area contributed by atoms with Crippen LogP contribution in [0, 0.1) is 0 Å². The summed E-state index contributed by atoms with van der Waals surface area (Å²) in [6, 6.07) is 0. The van der Waals surface area contributed by atoms with Crippen molar-refractivity contribution in [2.24, 2.45) is 0 Å². The van der Waals surface area contributed by atoms with E-state index in [1.807, 2.05) is 0 Å². The zero-order chi connectivity index (χ0) is 18.6. The Balaban J connectivity index is -0.0000000743. The van der Waals surface area contributed by atoms with Crippen molar-refractivity contribution in [1.29, 1.82) is 0 Å². The standard InChI is InChI=1S/2C6H10O3.2CH4O.Ti/c2*1-3-9-6(8)4-5(2)7;2*1-2;/h2*3-4H2,1-2H3;2*2H,1H3;. The minimum absolute atomic E-state index is 0. The molecule has 0 heterocycles. The molecule has 0 amide bonds. The molecule has 0 aromatic rings. The fraction of sp³-hybridized carbons (Fsp3) is 0.714. The van der Waals surface area contributed by atoms with Gasteiger partial charge in [0.2, 0.25) is 0 Å². The van der Waals surface area contributed by atoms with Gasteiger partial charge in [0.25, 0.3) is 0 Å². The van der Waals surface area contributed by atoms with Gasteiger partial charge < -0.3 is 19.7 Å². The van der Waals surface area contributed by atoms with E-state index in [0.717, 1.165) is 14.2 Å². The molecule has 0 saturated carbocycles. The number of ketones is 2. The van der Waals surface area contributed by atoms with Crippen molar-refractivity contribution in [3.63, 3.8) is 0 Å². The number of hydrogen-bond acceptors (Lipinski definition) is 8. The topological polar surface area (TPSA) is 127 Å². The smallest absolute Gasteiger partial charge is 0.313 e. The third kappa shape index (κ3) is 44.9. The largest absolute Gasteiger partial charge is 0.466 e. The zero-order valence-corrected chi connectivity index (χ0v) is 16.2. The molecule has 8 nitrogen and oxygen atoms in total. The summed E-state index contributed by atoms with van der Waals surface area (Å²) in [5, 5.41) is 14.0. The number of Topliss-reactive ketones (excluding diaryl/α,β-unsaturated/α-hetero) is 2. The molecular formula is C14H28O8Ti. The molecule has 9 heteroatoms. The molecule has 0 atom stereocenters. The van der Waals surface area contributed by atoms with Crippen molar-refractivity contribution in [2.45, 2.75) is 40.5 Å². The molecule has 2 N–H and O–H groups in total. The first kappa shape index (κ1) is 33.5. The van der Waals surface area contributed by atoms with Gasteiger partial charge in [-0.25, -0.2) is 0 Å². The van der Waals surface area contributed by atoms with Crippen LogP contribution < -0.4 is 0 Å². The van der Waals surface area contributed by atoms with Crippen LogP contribution in [0.1, 0.15) is 40.5 Å². The third-order valence-corrected chi connectivity index (χ3v) is 1.40. The van der Waals surface area contributed by atoms with Crippen LogP contribution in [0.2, 0.25) is 0 Å². The van der Waals surface area contributed by atoms with E-state index >= 15 is 0 Å². The fourth-order valence-electron chi connectivity index (χ4n) is 0.831. The molecule has 136 valence electrons. The van der Waals surface area contributed by atoms with E-state index in [-0.39, 0.29) is 46.1 Å². The number of rotatable bonds is 6. The zero-order valence-electron chi connectivity index (χ0n) is 14.7. The van der Waals surface area contributed by atoms with Gasteiger partial charge >= 0.3 is 11.9 Å². The average molecular weight is 372 g/mol. The molecule has 0 aromatic heterocycles. The molecule has 0 aliphatic rings. The van der Waals surface area contributed by atoms with Gasteiger partial charge in [0.05, 0.1) is 13.2 Å². The summed E-state index contributed by atoms with van der Waals surface area (Å²) in [6.45, 7) is 6.81. The molecule has 0 aliphatic heterocycles. The van der Waals surface area contributed by atoms with E-state index < -0.39 is 11.9 Å². The van der Waals surface area contributed by atoms with E-state index in [1.54, 1.807) is 13.8 Å². The van der Waals surface area contributed by atoms with Crippen LogP contribution in [0.25, 0.3) is 0 Å². The number of carbonyl (C=O) groups excluding carboxylic acids is 4. The summed E-state index contributed by atoms with van der Waals surface area (Å²) in [7, 11) is 2.00. The first-order valence-electron chi connectivity index (χ1n) is 6.52. The Morgan fingerprint density at radius 1 is 0.696 bits per heavy atom. The van der Waals surface area contributed by atoms with Crippen LogP contribution in [-0.2, 0) is 50.4 Å². The Morgan fingerprint density at radius 2 is 0.913 bits per heavy atom. The molecule has 0 radical (unpaired) electrons. The van der Waals surface area contributed by atoms with Crippen LogP contribution >= 0.6 is 0 Å². The van der Waals surface area contributed by atoms with Gasteiger partial charge in [0.15, 0.2) is 0 Å². The van der Waals surface area contributed by atoms with E-state index in [2.05, 4.69) is 9.47 Å². The molecule has 0 spiro atoms. The first-order valence-corrected chi connectivity index (χ1v) is 6.52. The van der Waals surface area contributed by atoms with Crippen LogP contribution in [0.5, 0.6) is 0 Å². The van der Waals surface area contributed by atoms with E-state index in [1.165, 1.54) is 13.8 Å². The predicted molar refractivity (Wildman–Crippen MR) is 80.1 cm³/mol. The summed E-state index contributed by atoms with van der Waals surface area (Å²) in [6.07, 6.45) is -0.207. The van der Waals surface area contributed by atoms with Crippen molar-refractivity contribution in [1.82, 2.24) is 0 Å². The van der Waals surface area contributed by atoms with Crippen LogP contribution in [0.4, 0.5) is 0 Å². The molecule has 0 rings (SSSR count). The molecule has 0 saturated heterocycles. The number of aliphatic hydroxyl groups is 2. The normalized spacial score (nSPS) is 7.30. The fourth-order valence-corrected chi connectivity index (χ4v) is 0.831. The molecular weight excluding hydrogens is 344 g/mol. The van der Waals surface area contributed by atoms with Crippen molar-refractivity contribution in [3.8, 4) is 0 Å². The predicted octanol–water partition coefficient (Wildman–Crippen LogP) is 0.272. The maximum absolute atomic E-state index is 10.4. The van der Waals surface area contributed by atoms with Crippen molar-refractivity contribution in [3.05, 3.63) is 0 Å². The number of aliphatic hydroxyl groups excluding tert-OH is 2. The van der Waals surface area contributed by atoms with Gasteiger partial charge in [-0.3, -0.25) is 19.2 Å². The van der Waals surface area contributed by atoms with Crippen LogP contribution in [-0.4, -0.2) is 61.2 Å². The van der Waals surface area contributed by atoms with E-state index in [0.29, 0.717) is 13.2 Å². The maximum Gasteiger partial charge on any atom is 0.313 e. The number of carbonyl (C=O) groups is 4. The summed E-state index contributed by atoms with van der Waals surface area (Å²) in [5.41, 5.74) is 0. The van der Waals surface area contributed by atoms with Crippen molar-refractivity contribution in [2.75, 3.05) is 27.4 Å². The molecule has 23 heavy (non-hydrogen) atoms. The average Bonchev–Trinajstić information content (AvgIpc) is 2.42. The van der Waals surface area contributed by atoms with E-state index in [4.69, 9.17) is 10.2 Å². The summed E-state index contributed by atoms with van der Waals surface area (Å²) >= 11 is 0. The van der Waals surface area contributed by atoms with Crippen molar-refractivity contribution >= 4 is 23.5 Å². The molecule has 0 aromatic carbocycles. The minimum Gasteiger partial charge on any atom is -0.466 e. The number of ether oxygens (including phenoxy) is 2. The van der Waals surface area contributed by atoms with Gasteiger partial charge in [-0.15, -0.1) is 0 Å². The SMILES string of the molecule is CCOC(=O)CC(C)=O.CCOC(=O)CC(C)=O.CO.CO.[Ti]. The van der Waals surface area contributed by atoms with Gasteiger partial charge in [-0.1, -0.05) is 0 Å². The second kappa shape index (κ2) is 29.0. The monoisotopic (exact) mass is 372 g/mol. The second-order valence-electron chi connectivity index (χ2n) is 3.37. The Hall–Kier alpha value is -1.09.